The van der Waals surface area contributed by atoms with E-state index in [-0.39, 0.29) is 0 Å². The average Bonchev–Trinajstić information content (AvgIpc) is 2.96. The Morgan fingerprint density at radius 1 is 1.16 bits per heavy atom. The Morgan fingerprint density at radius 3 is 2.26 bits per heavy atom. The zero-order valence-corrected chi connectivity index (χ0v) is 13.0. The number of rotatable bonds is 3. The van der Waals surface area contributed by atoms with Crippen LogP contribution in [0.4, 0.5) is 0 Å². The van der Waals surface area contributed by atoms with Crippen molar-refractivity contribution in [1.29, 1.82) is 0 Å². The monoisotopic (exact) mass is 285 g/mol. The van der Waals surface area contributed by atoms with E-state index in [1.54, 1.807) is 6.26 Å². The maximum absolute atomic E-state index is 11.6. The highest BCUT2D eigenvalue weighted by Crippen LogP contribution is 2.41. The first-order chi connectivity index (χ1) is 9.15. The van der Waals surface area contributed by atoms with Crippen LogP contribution in [0.3, 0.4) is 0 Å². The third kappa shape index (κ3) is 2.89. The van der Waals surface area contributed by atoms with E-state index in [1.165, 1.54) is 51.9 Å². The third-order valence-electron chi connectivity index (χ3n) is 5.50. The second kappa shape index (κ2) is 5.80. The third-order valence-corrected chi connectivity index (χ3v) is 6.61. The van der Waals surface area contributed by atoms with Gasteiger partial charge in [0.1, 0.15) is 0 Å². The van der Waals surface area contributed by atoms with Crippen LogP contribution in [-0.2, 0) is 11.0 Å². The molecular formula is C14H27N3OS. The quantitative estimate of drug-likeness (QED) is 0.828. The van der Waals surface area contributed by atoms with E-state index >= 15 is 0 Å². The van der Waals surface area contributed by atoms with Crippen LogP contribution in [0.1, 0.15) is 25.7 Å². The Morgan fingerprint density at radius 2 is 1.74 bits per heavy atom. The second-order valence-electron chi connectivity index (χ2n) is 6.55. The predicted molar refractivity (Wildman–Crippen MR) is 79.3 cm³/mol. The number of hydrogen-bond donors (Lipinski definition) is 1. The van der Waals surface area contributed by atoms with Crippen molar-refractivity contribution < 1.29 is 4.21 Å². The highest BCUT2D eigenvalue weighted by atomic mass is 32.2. The molecule has 1 N–H and O–H groups in total. The Hall–Kier alpha value is 0.0300. The average molecular weight is 285 g/mol. The molecule has 0 aromatic carbocycles. The van der Waals surface area contributed by atoms with Gasteiger partial charge in [0.05, 0.1) is 11.0 Å². The first kappa shape index (κ1) is 14.0. The molecule has 3 fully saturated rings. The summed E-state index contributed by atoms with van der Waals surface area (Å²) in [5.74, 6) is 1.71. The van der Waals surface area contributed by atoms with E-state index in [0.29, 0.717) is 6.04 Å². The molecule has 0 aromatic heterocycles. The lowest BCUT2D eigenvalue weighted by atomic mass is 10.0. The fourth-order valence-electron chi connectivity index (χ4n) is 4.28. The van der Waals surface area contributed by atoms with E-state index < -0.39 is 11.0 Å². The molecule has 5 heteroatoms. The van der Waals surface area contributed by atoms with Crippen molar-refractivity contribution in [3.63, 3.8) is 0 Å². The fourth-order valence-corrected chi connectivity index (χ4v) is 4.87. The van der Waals surface area contributed by atoms with Gasteiger partial charge >= 0.3 is 0 Å². The van der Waals surface area contributed by atoms with Crippen molar-refractivity contribution in [2.45, 2.75) is 37.8 Å². The van der Waals surface area contributed by atoms with Crippen LogP contribution in [0.25, 0.3) is 0 Å². The van der Waals surface area contributed by atoms with Crippen LogP contribution in [0.15, 0.2) is 0 Å². The van der Waals surface area contributed by atoms with E-state index in [1.807, 2.05) is 7.05 Å². The summed E-state index contributed by atoms with van der Waals surface area (Å²) in [6, 6.07) is 1.37. The molecule has 2 saturated heterocycles. The molecule has 110 valence electrons. The summed E-state index contributed by atoms with van der Waals surface area (Å²) in [4.78, 5) is 2.75. The molecule has 4 nitrogen and oxygen atoms in total. The summed E-state index contributed by atoms with van der Waals surface area (Å²) in [7, 11) is 1.21. The Labute approximate surface area is 119 Å². The maximum atomic E-state index is 11.6. The second-order valence-corrected chi connectivity index (χ2v) is 7.97. The van der Waals surface area contributed by atoms with Gasteiger partial charge in [0.25, 0.3) is 0 Å². The fraction of sp³-hybridized carbons (Fsp3) is 1.00. The number of fused-ring (bicyclic) bond motifs is 1. The smallest absolute Gasteiger partial charge is 0.0910 e. The number of likely N-dealkylation sites (tertiary alicyclic amines) is 1. The molecule has 19 heavy (non-hydrogen) atoms. The lowest BCUT2D eigenvalue weighted by Gasteiger charge is -2.32. The molecule has 1 aliphatic carbocycles. The molecule has 2 unspecified atom stereocenters. The lowest BCUT2D eigenvalue weighted by molar-refractivity contribution is 0.179. The topological polar surface area (TPSA) is 35.6 Å². The molecule has 2 aliphatic heterocycles. The van der Waals surface area contributed by atoms with E-state index in [0.717, 1.165) is 17.9 Å². The van der Waals surface area contributed by atoms with Crippen LogP contribution >= 0.6 is 0 Å². The molecule has 0 spiro atoms. The van der Waals surface area contributed by atoms with E-state index in [4.69, 9.17) is 0 Å². The minimum Gasteiger partial charge on any atom is -0.317 e. The normalized spacial score (nSPS) is 38.8. The highest BCUT2D eigenvalue weighted by Gasteiger charge is 2.44. The summed E-state index contributed by atoms with van der Waals surface area (Å²) in [6.45, 7) is 4.96. The minimum atomic E-state index is -0.810. The molecule has 3 aliphatic rings. The van der Waals surface area contributed by atoms with Crippen molar-refractivity contribution in [2.24, 2.45) is 11.8 Å². The molecular weight excluding hydrogens is 258 g/mol. The van der Waals surface area contributed by atoms with Crippen LogP contribution in [0.5, 0.6) is 0 Å². The van der Waals surface area contributed by atoms with Gasteiger partial charge in [0.2, 0.25) is 0 Å². The van der Waals surface area contributed by atoms with Gasteiger partial charge in [0.15, 0.2) is 0 Å². The van der Waals surface area contributed by atoms with Gasteiger partial charge < -0.3 is 5.32 Å². The highest BCUT2D eigenvalue weighted by molar-refractivity contribution is 7.81. The molecule has 0 aromatic rings. The van der Waals surface area contributed by atoms with Crippen molar-refractivity contribution in [3.8, 4) is 0 Å². The standard InChI is InChI=1S/C14H27N3OS/c1-16(19(2)18)14-7-11-9-17(10-12(11)8-14)13-3-5-15-6-4-13/h11-15H,3-10H2,1-2H3/t11-,12+,14?,19?. The molecule has 1 saturated carbocycles. The van der Waals surface area contributed by atoms with Crippen LogP contribution in [-0.4, -0.2) is 65.0 Å². The summed E-state index contributed by atoms with van der Waals surface area (Å²) in [6.07, 6.45) is 6.95. The van der Waals surface area contributed by atoms with Gasteiger partial charge in [0, 0.05) is 38.5 Å². The van der Waals surface area contributed by atoms with Crippen LogP contribution in [0.2, 0.25) is 0 Å². The van der Waals surface area contributed by atoms with E-state index in [2.05, 4.69) is 14.5 Å². The first-order valence-electron chi connectivity index (χ1n) is 7.66. The van der Waals surface area contributed by atoms with Gasteiger partial charge in [-0.25, -0.2) is 8.51 Å². The van der Waals surface area contributed by atoms with Gasteiger partial charge in [-0.15, -0.1) is 0 Å². The number of nitrogens with zero attached hydrogens (tertiary/aromatic N) is 2. The molecule has 4 atom stereocenters. The molecule has 0 bridgehead atoms. The molecule has 3 rings (SSSR count). The van der Waals surface area contributed by atoms with Crippen molar-refractivity contribution in [2.75, 3.05) is 39.5 Å². The van der Waals surface area contributed by atoms with Gasteiger partial charge in [-0.3, -0.25) is 4.90 Å². The Kier molecular flexibility index (Phi) is 4.27. The SMILES string of the molecule is CN(C1C[C@@H]2CN(C3CCNCC3)C[C@@H]2C1)S(C)=O. The van der Waals surface area contributed by atoms with Crippen molar-refractivity contribution in [1.82, 2.24) is 14.5 Å². The maximum Gasteiger partial charge on any atom is 0.0910 e. The lowest BCUT2D eigenvalue weighted by Crippen LogP contribution is -2.43. The van der Waals surface area contributed by atoms with Crippen molar-refractivity contribution >= 4 is 11.0 Å². The summed E-state index contributed by atoms with van der Waals surface area (Å²) >= 11 is 0. The van der Waals surface area contributed by atoms with Crippen LogP contribution < -0.4 is 5.32 Å². The number of nitrogens with one attached hydrogen (secondary N) is 1. The Bertz CT molecular complexity index is 332. The zero-order chi connectivity index (χ0) is 13.4. The van der Waals surface area contributed by atoms with Crippen LogP contribution in [0, 0.1) is 11.8 Å². The van der Waals surface area contributed by atoms with Crippen molar-refractivity contribution in [3.05, 3.63) is 0 Å². The zero-order valence-electron chi connectivity index (χ0n) is 12.2. The summed E-state index contributed by atoms with van der Waals surface area (Å²) in [5, 5.41) is 3.46. The number of hydrogen-bond acceptors (Lipinski definition) is 3. The van der Waals surface area contributed by atoms with E-state index in [9.17, 15) is 4.21 Å². The predicted octanol–water partition coefficient (Wildman–Crippen LogP) is 0.674. The van der Waals surface area contributed by atoms with Gasteiger partial charge in [-0.1, -0.05) is 0 Å². The molecule has 0 radical (unpaired) electrons. The van der Waals surface area contributed by atoms with Gasteiger partial charge in [-0.2, -0.15) is 0 Å². The van der Waals surface area contributed by atoms with Gasteiger partial charge in [-0.05, 0) is 50.6 Å². The first-order valence-corrected chi connectivity index (χ1v) is 9.17. The molecule has 0 amide bonds. The molecule has 2 heterocycles. The Balaban J connectivity index is 1.54. The largest absolute Gasteiger partial charge is 0.317 e. The minimum absolute atomic E-state index is 0.552. The summed E-state index contributed by atoms with van der Waals surface area (Å²) in [5.41, 5.74) is 0. The summed E-state index contributed by atoms with van der Waals surface area (Å²) < 4.78 is 13.7. The number of piperidine rings is 1.